The van der Waals surface area contributed by atoms with Gasteiger partial charge in [0.1, 0.15) is 12.4 Å². The number of nitrogens with zero attached hydrogens (tertiary/aromatic N) is 1. The van der Waals surface area contributed by atoms with E-state index in [1.54, 1.807) is 18.4 Å². The zero-order valence-corrected chi connectivity index (χ0v) is 11.6. The molecule has 0 spiro atoms. The maximum absolute atomic E-state index is 12.2. The molecule has 1 aromatic carbocycles. The Kier molecular flexibility index (Phi) is 3.79. The fourth-order valence-corrected chi connectivity index (χ4v) is 2.24. The smallest absolute Gasteiger partial charge is 0.128 e. The zero-order valence-electron chi connectivity index (χ0n) is 11.6. The monoisotopic (exact) mass is 289 g/mol. The minimum Gasteiger partial charge on any atom is -0.496 e. The van der Waals surface area contributed by atoms with Crippen molar-refractivity contribution in [2.75, 3.05) is 25.6 Å². The molecule has 2 N–H and O–H groups in total. The number of rotatable bonds is 5. The Morgan fingerprint density at radius 2 is 2.33 bits per heavy atom. The Morgan fingerprint density at radius 3 is 3.14 bits per heavy atom. The van der Waals surface area contributed by atoms with Gasteiger partial charge in [0.15, 0.2) is 0 Å². The van der Waals surface area contributed by atoms with Crippen LogP contribution in [0.1, 0.15) is 5.56 Å². The molecular formula is C15H16FN3O2. The number of anilines is 1. The highest BCUT2D eigenvalue weighted by Crippen LogP contribution is 2.33. The lowest BCUT2D eigenvalue weighted by Crippen LogP contribution is -2.15. The summed E-state index contributed by atoms with van der Waals surface area (Å²) in [5.41, 5.74) is 6.41. The molecule has 0 amide bonds. The van der Waals surface area contributed by atoms with Gasteiger partial charge >= 0.3 is 0 Å². The minimum absolute atomic E-state index is 0.288. The van der Waals surface area contributed by atoms with Crippen LogP contribution in [0, 0.1) is 0 Å². The number of hydroxylamine groups is 3. The van der Waals surface area contributed by atoms with E-state index in [2.05, 4.69) is 10.8 Å². The predicted octanol–water partition coefficient (Wildman–Crippen LogP) is 2.58. The van der Waals surface area contributed by atoms with Crippen LogP contribution < -0.4 is 15.5 Å². The highest BCUT2D eigenvalue weighted by molar-refractivity contribution is 5.81. The van der Waals surface area contributed by atoms with Gasteiger partial charge in [-0.15, -0.1) is 0 Å². The number of alkyl halides is 1. The Balaban J connectivity index is 1.90. The minimum atomic E-state index is -0.408. The fraction of sp³-hybridized carbons (Fsp3) is 0.200. The van der Waals surface area contributed by atoms with Gasteiger partial charge in [0.25, 0.3) is 0 Å². The molecule has 0 bridgehead atoms. The van der Waals surface area contributed by atoms with Gasteiger partial charge in [0.05, 0.1) is 19.0 Å². The Bertz CT molecular complexity index is 625. The third kappa shape index (κ3) is 2.71. The molecule has 2 aliphatic rings. The molecule has 0 atom stereocenters. The van der Waals surface area contributed by atoms with Gasteiger partial charge in [-0.05, 0) is 29.9 Å². The van der Waals surface area contributed by atoms with Crippen molar-refractivity contribution >= 4 is 11.3 Å². The van der Waals surface area contributed by atoms with Crippen LogP contribution in [0.3, 0.4) is 0 Å². The lowest BCUT2D eigenvalue weighted by molar-refractivity contribution is -0.112. The summed E-state index contributed by atoms with van der Waals surface area (Å²) in [7, 11) is 1.62. The van der Waals surface area contributed by atoms with E-state index in [1.165, 1.54) is 0 Å². The first-order chi connectivity index (χ1) is 10.3. The molecule has 21 heavy (non-hydrogen) atoms. The molecule has 3 rings (SSSR count). The fourth-order valence-electron chi connectivity index (χ4n) is 2.24. The van der Waals surface area contributed by atoms with Gasteiger partial charge in [0, 0.05) is 30.1 Å². The van der Waals surface area contributed by atoms with Crippen LogP contribution in [-0.4, -0.2) is 25.4 Å². The van der Waals surface area contributed by atoms with Crippen molar-refractivity contribution in [3.8, 4) is 5.75 Å². The lowest BCUT2D eigenvalue weighted by atomic mass is 10.0. The van der Waals surface area contributed by atoms with Crippen LogP contribution in [0.2, 0.25) is 0 Å². The molecule has 0 aromatic heterocycles. The molecule has 0 unspecified atom stereocenters. The number of hydrogen-bond donors (Lipinski definition) is 2. The Labute approximate surface area is 122 Å². The number of fused-ring (bicyclic) bond motifs is 1. The first-order valence-corrected chi connectivity index (χ1v) is 6.62. The average Bonchev–Trinajstić information content (AvgIpc) is 3.00. The van der Waals surface area contributed by atoms with Crippen LogP contribution in [0.5, 0.6) is 5.75 Å². The maximum Gasteiger partial charge on any atom is 0.128 e. The summed E-state index contributed by atoms with van der Waals surface area (Å²) in [6.45, 7) is -0.120. The van der Waals surface area contributed by atoms with E-state index in [4.69, 9.17) is 9.68 Å². The molecule has 110 valence electrons. The van der Waals surface area contributed by atoms with E-state index in [1.807, 2.05) is 36.6 Å². The second-order valence-corrected chi connectivity index (χ2v) is 4.55. The molecule has 5 nitrogen and oxygen atoms in total. The summed E-state index contributed by atoms with van der Waals surface area (Å²) in [6, 6.07) is 5.73. The molecule has 2 heterocycles. The summed E-state index contributed by atoms with van der Waals surface area (Å²) < 4.78 is 17.7. The SMILES string of the molecule is COc1cc(NCCF)ccc1C1=CC2=CNON2C=C1. The second-order valence-electron chi connectivity index (χ2n) is 4.55. The third-order valence-electron chi connectivity index (χ3n) is 3.24. The molecule has 0 fully saturated rings. The van der Waals surface area contributed by atoms with E-state index < -0.39 is 6.67 Å². The molecule has 0 saturated heterocycles. The zero-order chi connectivity index (χ0) is 14.7. The van der Waals surface area contributed by atoms with Crippen molar-refractivity contribution in [1.82, 2.24) is 10.5 Å². The van der Waals surface area contributed by atoms with Crippen LogP contribution in [0.15, 0.2) is 48.4 Å². The molecule has 2 aliphatic heterocycles. The summed E-state index contributed by atoms with van der Waals surface area (Å²) in [5.74, 6) is 0.732. The summed E-state index contributed by atoms with van der Waals surface area (Å²) in [5, 5.41) is 4.63. The van der Waals surface area contributed by atoms with Gasteiger partial charge in [0.2, 0.25) is 0 Å². The average molecular weight is 289 g/mol. The van der Waals surface area contributed by atoms with Gasteiger partial charge in [-0.2, -0.15) is 4.94 Å². The van der Waals surface area contributed by atoms with E-state index in [-0.39, 0.29) is 6.54 Å². The van der Waals surface area contributed by atoms with Gasteiger partial charge in [-0.3, -0.25) is 0 Å². The second kappa shape index (κ2) is 5.88. The molecule has 0 radical (unpaired) electrons. The van der Waals surface area contributed by atoms with Crippen molar-refractivity contribution in [2.24, 2.45) is 0 Å². The van der Waals surface area contributed by atoms with Crippen LogP contribution in [-0.2, 0) is 4.94 Å². The molecule has 1 aromatic rings. The number of nitrogens with one attached hydrogen (secondary N) is 2. The van der Waals surface area contributed by atoms with Crippen molar-refractivity contribution in [3.05, 3.63) is 54.0 Å². The topological polar surface area (TPSA) is 45.8 Å². The first-order valence-electron chi connectivity index (χ1n) is 6.62. The van der Waals surface area contributed by atoms with E-state index in [9.17, 15) is 4.39 Å². The number of ether oxygens (including phenoxy) is 1. The van der Waals surface area contributed by atoms with E-state index >= 15 is 0 Å². The summed E-state index contributed by atoms with van der Waals surface area (Å²) in [6.07, 6.45) is 7.53. The van der Waals surface area contributed by atoms with Crippen molar-refractivity contribution in [1.29, 1.82) is 0 Å². The van der Waals surface area contributed by atoms with Crippen molar-refractivity contribution < 1.29 is 14.1 Å². The van der Waals surface area contributed by atoms with E-state index in [0.29, 0.717) is 0 Å². The largest absolute Gasteiger partial charge is 0.496 e. The summed E-state index contributed by atoms with van der Waals surface area (Å²) >= 11 is 0. The maximum atomic E-state index is 12.2. The molecule has 0 aliphatic carbocycles. The third-order valence-corrected chi connectivity index (χ3v) is 3.24. The number of halogens is 1. The number of allylic oxidation sites excluding steroid dienone is 3. The Morgan fingerprint density at radius 1 is 1.43 bits per heavy atom. The van der Waals surface area contributed by atoms with Crippen LogP contribution in [0.25, 0.3) is 5.57 Å². The quantitative estimate of drug-likeness (QED) is 0.872. The predicted molar refractivity (Wildman–Crippen MR) is 78.7 cm³/mol. The highest BCUT2D eigenvalue weighted by Gasteiger charge is 2.18. The van der Waals surface area contributed by atoms with Crippen molar-refractivity contribution in [3.63, 3.8) is 0 Å². The van der Waals surface area contributed by atoms with E-state index in [0.717, 1.165) is 28.3 Å². The number of methoxy groups -OCH3 is 1. The van der Waals surface area contributed by atoms with Crippen molar-refractivity contribution in [2.45, 2.75) is 0 Å². The highest BCUT2D eigenvalue weighted by atomic mass is 19.1. The molecular weight excluding hydrogens is 273 g/mol. The first kappa shape index (κ1) is 13.5. The Hall–Kier alpha value is -2.47. The van der Waals surface area contributed by atoms with Gasteiger partial charge in [-0.25, -0.2) is 14.9 Å². The standard InChI is InChI=1S/C15H16FN3O2/c1-20-15-9-12(17-6-5-16)2-3-14(15)11-4-7-19-13(8-11)10-18-21-19/h2-4,7-10,17-18H,5-6H2,1H3. The molecule has 6 heteroatoms. The molecule has 0 saturated carbocycles. The van der Waals surface area contributed by atoms with Gasteiger partial charge < -0.3 is 10.1 Å². The van der Waals surface area contributed by atoms with Gasteiger partial charge in [-0.1, -0.05) is 0 Å². The van der Waals surface area contributed by atoms with Crippen LogP contribution in [0.4, 0.5) is 10.1 Å². The lowest BCUT2D eigenvalue weighted by Gasteiger charge is -2.19. The number of hydrogen-bond acceptors (Lipinski definition) is 5. The summed E-state index contributed by atoms with van der Waals surface area (Å²) in [4.78, 5) is 5.14. The number of benzene rings is 1. The van der Waals surface area contributed by atoms with Crippen LogP contribution >= 0.6 is 0 Å². The normalized spacial score (nSPS) is 16.0.